The number of nitrogens with zero attached hydrogens (tertiary/aromatic N) is 1. The van der Waals surface area contributed by atoms with Crippen molar-refractivity contribution in [1.29, 1.82) is 0 Å². The molecule has 1 aromatic carbocycles. The topological polar surface area (TPSA) is 35.5 Å². The maximum Gasteiger partial charge on any atom is 0.133 e. The Kier molecular flexibility index (Phi) is 4.80. The normalized spacial score (nSPS) is 13.9. The Morgan fingerprint density at radius 1 is 1.24 bits per heavy atom. The van der Waals surface area contributed by atoms with Crippen LogP contribution in [0.5, 0.6) is 0 Å². The third-order valence-corrected chi connectivity index (χ3v) is 3.34. The van der Waals surface area contributed by atoms with Crippen molar-refractivity contribution < 1.29 is 5.11 Å². The van der Waals surface area contributed by atoms with Crippen molar-refractivity contribution in [2.24, 2.45) is 0 Å². The summed E-state index contributed by atoms with van der Waals surface area (Å²) in [4.78, 5) is 1.79. The van der Waals surface area contributed by atoms with E-state index in [1.54, 1.807) is 4.90 Å². The van der Waals surface area contributed by atoms with Gasteiger partial charge in [-0.05, 0) is 42.8 Å². The number of rotatable bonds is 3. The molecule has 0 saturated carbocycles. The molecular formula is C13H21IN2O. The number of aliphatic hydroxyl groups is 1. The molecule has 0 heterocycles. The Labute approximate surface area is 118 Å². The van der Waals surface area contributed by atoms with Gasteiger partial charge in [0.15, 0.2) is 0 Å². The zero-order valence-electron chi connectivity index (χ0n) is 11.1. The Morgan fingerprint density at radius 3 is 2.24 bits per heavy atom. The lowest BCUT2D eigenvalue weighted by atomic mass is 9.85. The highest BCUT2D eigenvalue weighted by atomic mass is 127. The average Bonchev–Trinajstić information content (AvgIpc) is 2.26. The van der Waals surface area contributed by atoms with Crippen LogP contribution in [0.15, 0.2) is 18.2 Å². The molecule has 0 amide bonds. The molecule has 0 aromatic heterocycles. The first-order valence-corrected chi connectivity index (χ1v) is 6.70. The molecule has 1 atom stereocenters. The van der Waals surface area contributed by atoms with Crippen LogP contribution in [0.3, 0.4) is 0 Å². The molecule has 0 saturated heterocycles. The van der Waals surface area contributed by atoms with Crippen LogP contribution < -0.4 is 3.53 Å². The van der Waals surface area contributed by atoms with Gasteiger partial charge < -0.3 is 8.64 Å². The zero-order chi connectivity index (χ0) is 13.2. The number of aliphatic hydroxyl groups excluding tert-OH is 1. The summed E-state index contributed by atoms with van der Waals surface area (Å²) in [5.74, 6) is 0. The van der Waals surface area contributed by atoms with E-state index in [9.17, 15) is 5.11 Å². The zero-order valence-corrected chi connectivity index (χ0v) is 13.2. The first kappa shape index (κ1) is 14.7. The molecule has 96 valence electrons. The van der Waals surface area contributed by atoms with Crippen LogP contribution in [0.2, 0.25) is 0 Å². The fraction of sp³-hybridized carbons (Fsp3) is 0.538. The summed E-state index contributed by atoms with van der Waals surface area (Å²) < 4.78 is 3.11. The molecule has 0 bridgehead atoms. The molecule has 0 spiro atoms. The standard InChI is InChI=1S/C13H21IN2O/c1-13(2,3)10-6-9(12(17)16(4)5)7-11(8-10)15-14/h6-8,12,15,17H,1-5H3. The minimum atomic E-state index is -0.569. The van der Waals surface area contributed by atoms with Crippen LogP contribution >= 0.6 is 22.9 Å². The van der Waals surface area contributed by atoms with Crippen molar-refractivity contribution in [2.75, 3.05) is 17.6 Å². The smallest absolute Gasteiger partial charge is 0.133 e. The van der Waals surface area contributed by atoms with E-state index in [1.165, 1.54) is 5.56 Å². The van der Waals surface area contributed by atoms with Crippen molar-refractivity contribution >= 4 is 28.6 Å². The lowest BCUT2D eigenvalue weighted by Gasteiger charge is -2.24. The van der Waals surface area contributed by atoms with Crippen LogP contribution in [0.4, 0.5) is 5.69 Å². The summed E-state index contributed by atoms with van der Waals surface area (Å²) in [6.07, 6.45) is -0.569. The van der Waals surface area contributed by atoms with Crippen LogP contribution in [-0.2, 0) is 5.41 Å². The van der Waals surface area contributed by atoms with E-state index in [1.807, 2.05) is 20.2 Å². The molecule has 4 heteroatoms. The van der Waals surface area contributed by atoms with E-state index < -0.39 is 6.23 Å². The molecular weight excluding hydrogens is 327 g/mol. The number of benzene rings is 1. The van der Waals surface area contributed by atoms with Crippen molar-refractivity contribution in [3.05, 3.63) is 29.3 Å². The Morgan fingerprint density at radius 2 is 1.82 bits per heavy atom. The van der Waals surface area contributed by atoms with E-state index >= 15 is 0 Å². The van der Waals surface area contributed by atoms with E-state index in [4.69, 9.17) is 0 Å². The van der Waals surface area contributed by atoms with E-state index in [0.29, 0.717) is 0 Å². The van der Waals surface area contributed by atoms with E-state index in [-0.39, 0.29) is 5.41 Å². The summed E-state index contributed by atoms with van der Waals surface area (Å²) in [5, 5.41) is 10.1. The van der Waals surface area contributed by atoms with Crippen molar-refractivity contribution in [3.8, 4) is 0 Å². The van der Waals surface area contributed by atoms with Crippen molar-refractivity contribution in [2.45, 2.75) is 32.4 Å². The summed E-state index contributed by atoms with van der Waals surface area (Å²) >= 11 is 2.11. The fourth-order valence-electron chi connectivity index (χ4n) is 1.59. The molecule has 0 radical (unpaired) electrons. The number of anilines is 1. The highest BCUT2D eigenvalue weighted by Crippen LogP contribution is 2.29. The predicted octanol–water partition coefficient (Wildman–Crippen LogP) is 3.30. The van der Waals surface area contributed by atoms with Gasteiger partial charge in [-0.1, -0.05) is 26.8 Å². The monoisotopic (exact) mass is 348 g/mol. The third-order valence-electron chi connectivity index (χ3n) is 2.72. The van der Waals surface area contributed by atoms with Gasteiger partial charge in [0.05, 0.1) is 22.9 Å². The van der Waals surface area contributed by atoms with Gasteiger partial charge in [-0.2, -0.15) is 0 Å². The highest BCUT2D eigenvalue weighted by Gasteiger charge is 2.18. The molecule has 1 rings (SSSR count). The fourth-order valence-corrected chi connectivity index (χ4v) is 1.90. The Balaban J connectivity index is 3.23. The molecule has 0 aliphatic rings. The number of hydrogen-bond donors (Lipinski definition) is 2. The summed E-state index contributed by atoms with van der Waals surface area (Å²) in [5.41, 5.74) is 3.23. The molecule has 0 aliphatic carbocycles. The second kappa shape index (κ2) is 5.54. The third kappa shape index (κ3) is 3.82. The van der Waals surface area contributed by atoms with Gasteiger partial charge in [0, 0.05) is 5.69 Å². The summed E-state index contributed by atoms with van der Waals surface area (Å²) in [7, 11) is 3.73. The average molecular weight is 348 g/mol. The number of hydrogen-bond acceptors (Lipinski definition) is 3. The minimum Gasteiger partial charge on any atom is -0.374 e. The maximum atomic E-state index is 10.1. The predicted molar refractivity (Wildman–Crippen MR) is 81.4 cm³/mol. The highest BCUT2D eigenvalue weighted by molar-refractivity contribution is 14.1. The lowest BCUT2D eigenvalue weighted by Crippen LogP contribution is -2.20. The van der Waals surface area contributed by atoms with Crippen molar-refractivity contribution in [3.63, 3.8) is 0 Å². The molecule has 0 aliphatic heterocycles. The van der Waals surface area contributed by atoms with Gasteiger partial charge in [-0.15, -0.1) is 0 Å². The number of halogens is 1. The quantitative estimate of drug-likeness (QED) is 0.500. The van der Waals surface area contributed by atoms with Crippen LogP contribution in [-0.4, -0.2) is 24.1 Å². The second-order valence-electron chi connectivity index (χ2n) is 5.53. The first-order valence-electron chi connectivity index (χ1n) is 5.62. The molecule has 17 heavy (non-hydrogen) atoms. The van der Waals surface area contributed by atoms with Gasteiger partial charge >= 0.3 is 0 Å². The van der Waals surface area contributed by atoms with Gasteiger partial charge in [-0.3, -0.25) is 4.90 Å². The first-order chi connectivity index (χ1) is 7.75. The maximum absolute atomic E-state index is 10.1. The second-order valence-corrected chi connectivity index (χ2v) is 6.06. The van der Waals surface area contributed by atoms with Gasteiger partial charge in [0.25, 0.3) is 0 Å². The van der Waals surface area contributed by atoms with Crippen LogP contribution in [0, 0.1) is 0 Å². The lowest BCUT2D eigenvalue weighted by molar-refractivity contribution is 0.0395. The van der Waals surface area contributed by atoms with Gasteiger partial charge in [0.1, 0.15) is 6.23 Å². The molecule has 1 aromatic rings. The Bertz CT molecular complexity index is 385. The Hall–Kier alpha value is -0.330. The SMILES string of the molecule is CN(C)C(O)c1cc(NI)cc(C(C)(C)C)c1. The van der Waals surface area contributed by atoms with Crippen molar-refractivity contribution in [1.82, 2.24) is 4.90 Å². The summed E-state index contributed by atoms with van der Waals surface area (Å²) in [6.45, 7) is 6.52. The molecule has 3 nitrogen and oxygen atoms in total. The minimum absolute atomic E-state index is 0.0737. The molecule has 1 unspecified atom stereocenters. The molecule has 0 fully saturated rings. The summed E-state index contributed by atoms with van der Waals surface area (Å²) in [6, 6.07) is 6.17. The molecule has 2 N–H and O–H groups in total. The number of nitrogens with one attached hydrogen (secondary N) is 1. The van der Waals surface area contributed by atoms with E-state index in [2.05, 4.69) is 59.3 Å². The largest absolute Gasteiger partial charge is 0.374 e. The van der Waals surface area contributed by atoms with Gasteiger partial charge in [-0.25, -0.2) is 0 Å². The van der Waals surface area contributed by atoms with Gasteiger partial charge in [0.2, 0.25) is 0 Å². The van der Waals surface area contributed by atoms with Crippen LogP contribution in [0.25, 0.3) is 0 Å². The van der Waals surface area contributed by atoms with Crippen LogP contribution in [0.1, 0.15) is 38.1 Å². The van der Waals surface area contributed by atoms with E-state index in [0.717, 1.165) is 11.3 Å².